The van der Waals surface area contributed by atoms with Crippen molar-refractivity contribution >= 4 is 9.84 Å². The molecular weight excluding hydrogens is 264 g/mol. The maximum atomic E-state index is 12.1. The van der Waals surface area contributed by atoms with Gasteiger partial charge in [-0.2, -0.15) is 0 Å². The summed E-state index contributed by atoms with van der Waals surface area (Å²) in [5, 5.41) is 0. The molecule has 1 heterocycles. The van der Waals surface area contributed by atoms with Gasteiger partial charge in [0.25, 0.3) is 5.56 Å². The molecule has 0 fully saturated rings. The third-order valence-corrected chi connectivity index (χ3v) is 5.79. The topological polar surface area (TPSA) is 82.2 Å². The maximum absolute atomic E-state index is 12.1. The Hall–Kier alpha value is -1.14. The van der Waals surface area contributed by atoms with Gasteiger partial charge in [-0.3, -0.25) is 4.79 Å². The number of rotatable bonds is 4. The largest absolute Gasteiger partial charge is 0.326 e. The van der Waals surface area contributed by atoms with Crippen LogP contribution in [0.1, 0.15) is 32.0 Å². The fraction of sp³-hybridized carbons (Fsp3) is 0.615. The van der Waals surface area contributed by atoms with E-state index in [4.69, 9.17) is 5.73 Å². The van der Waals surface area contributed by atoms with Gasteiger partial charge in [-0.05, 0) is 33.8 Å². The zero-order chi connectivity index (χ0) is 14.8. The first-order chi connectivity index (χ1) is 8.60. The molecule has 5 nitrogen and oxygen atoms in total. The normalized spacial score (nSPS) is 12.7. The van der Waals surface area contributed by atoms with Crippen LogP contribution in [0.2, 0.25) is 0 Å². The second-order valence-corrected chi connectivity index (χ2v) is 8.45. The molecule has 0 radical (unpaired) electrons. The van der Waals surface area contributed by atoms with Crippen LogP contribution in [0.5, 0.6) is 0 Å². The Morgan fingerprint density at radius 2 is 1.84 bits per heavy atom. The smallest absolute Gasteiger partial charge is 0.255 e. The average molecular weight is 286 g/mol. The summed E-state index contributed by atoms with van der Waals surface area (Å²) in [6, 6.07) is 3.47. The van der Waals surface area contributed by atoms with Crippen LogP contribution < -0.4 is 11.3 Å². The van der Waals surface area contributed by atoms with E-state index in [0.29, 0.717) is 5.56 Å². The molecule has 2 N–H and O–H groups in total. The van der Waals surface area contributed by atoms with Crippen molar-refractivity contribution < 1.29 is 8.42 Å². The van der Waals surface area contributed by atoms with E-state index in [1.165, 1.54) is 4.57 Å². The monoisotopic (exact) mass is 286 g/mol. The van der Waals surface area contributed by atoms with Crippen LogP contribution in [-0.4, -0.2) is 23.5 Å². The van der Waals surface area contributed by atoms with Gasteiger partial charge in [-0.15, -0.1) is 0 Å². The molecule has 6 heteroatoms. The summed E-state index contributed by atoms with van der Waals surface area (Å²) < 4.78 is 24.8. The van der Waals surface area contributed by atoms with Crippen LogP contribution in [0.15, 0.2) is 16.9 Å². The minimum Gasteiger partial charge on any atom is -0.326 e. The van der Waals surface area contributed by atoms with Gasteiger partial charge < -0.3 is 10.3 Å². The minimum atomic E-state index is -3.24. The first-order valence-corrected chi connectivity index (χ1v) is 7.87. The lowest BCUT2D eigenvalue weighted by Gasteiger charge is -2.20. The summed E-state index contributed by atoms with van der Waals surface area (Å²) in [5.74, 6) is -0.0503. The zero-order valence-electron chi connectivity index (χ0n) is 11.9. The Morgan fingerprint density at radius 1 is 1.26 bits per heavy atom. The van der Waals surface area contributed by atoms with Crippen molar-refractivity contribution in [2.75, 3.05) is 5.75 Å². The van der Waals surface area contributed by atoms with Gasteiger partial charge in [0.15, 0.2) is 9.84 Å². The highest BCUT2D eigenvalue weighted by Crippen LogP contribution is 2.16. The summed E-state index contributed by atoms with van der Waals surface area (Å²) >= 11 is 0. The van der Waals surface area contributed by atoms with Gasteiger partial charge in [0.1, 0.15) is 0 Å². The maximum Gasteiger partial charge on any atom is 0.255 e. The molecule has 0 atom stereocenters. The van der Waals surface area contributed by atoms with E-state index >= 15 is 0 Å². The van der Waals surface area contributed by atoms with E-state index in [0.717, 1.165) is 5.69 Å². The first kappa shape index (κ1) is 15.9. The second-order valence-electron chi connectivity index (χ2n) is 5.59. The van der Waals surface area contributed by atoms with Crippen molar-refractivity contribution in [2.24, 2.45) is 5.73 Å². The minimum absolute atomic E-state index is 0.0503. The number of sulfone groups is 1. The molecule has 19 heavy (non-hydrogen) atoms. The molecular formula is C13H22N2O3S. The van der Waals surface area contributed by atoms with Crippen LogP contribution in [0.4, 0.5) is 0 Å². The van der Waals surface area contributed by atoms with Gasteiger partial charge >= 0.3 is 0 Å². The summed E-state index contributed by atoms with van der Waals surface area (Å²) in [6.45, 7) is 7.09. The average Bonchev–Trinajstić information content (AvgIpc) is 2.27. The lowest BCUT2D eigenvalue weighted by Crippen LogP contribution is -2.35. The lowest BCUT2D eigenvalue weighted by atomic mass is 10.2. The lowest BCUT2D eigenvalue weighted by molar-refractivity contribution is 0.551. The van der Waals surface area contributed by atoms with E-state index in [1.54, 1.807) is 39.8 Å². The van der Waals surface area contributed by atoms with Crippen LogP contribution in [0.25, 0.3) is 0 Å². The molecule has 0 aromatic carbocycles. The molecule has 0 aliphatic carbocycles. The molecule has 0 aliphatic heterocycles. The van der Waals surface area contributed by atoms with E-state index in [2.05, 4.69) is 0 Å². The van der Waals surface area contributed by atoms with Crippen LogP contribution in [0.3, 0.4) is 0 Å². The number of pyridine rings is 1. The Balaban J connectivity index is 3.06. The second kappa shape index (κ2) is 5.46. The molecule has 1 aromatic heterocycles. The summed E-state index contributed by atoms with van der Waals surface area (Å²) in [5.41, 5.74) is 6.53. The fourth-order valence-electron chi connectivity index (χ4n) is 1.67. The Morgan fingerprint density at radius 3 is 2.32 bits per heavy atom. The number of hydrogen-bond acceptors (Lipinski definition) is 4. The molecule has 0 saturated heterocycles. The van der Waals surface area contributed by atoms with Crippen molar-refractivity contribution in [1.29, 1.82) is 0 Å². The van der Waals surface area contributed by atoms with Gasteiger partial charge in [0, 0.05) is 24.3 Å². The number of aryl methyl sites for hydroxylation is 1. The standard InChI is InChI=1S/C13H22N2O3S/c1-10-5-6-11(9-14)12(16)15(10)7-8-19(17,18)13(2,3)4/h5-6H,7-9,14H2,1-4H3. The fourth-order valence-corrected chi connectivity index (χ4v) is 2.70. The highest BCUT2D eigenvalue weighted by Gasteiger charge is 2.28. The number of hydrogen-bond donors (Lipinski definition) is 1. The molecule has 0 spiro atoms. The third kappa shape index (κ3) is 3.45. The third-order valence-electron chi connectivity index (χ3n) is 3.21. The number of aromatic nitrogens is 1. The Bertz CT molecular complexity index is 610. The molecule has 0 amide bonds. The summed E-state index contributed by atoms with van der Waals surface area (Å²) in [7, 11) is -3.24. The van der Waals surface area contributed by atoms with Gasteiger partial charge in [0.05, 0.1) is 10.5 Å². The van der Waals surface area contributed by atoms with Gasteiger partial charge in [0.2, 0.25) is 0 Å². The number of nitrogens with two attached hydrogens (primary N) is 1. The summed E-state index contributed by atoms with van der Waals surface area (Å²) in [6.07, 6.45) is 0. The Labute approximate surface area is 114 Å². The van der Waals surface area contributed by atoms with Crippen molar-refractivity contribution in [3.8, 4) is 0 Å². The first-order valence-electron chi connectivity index (χ1n) is 6.22. The molecule has 1 rings (SSSR count). The highest BCUT2D eigenvalue weighted by molar-refractivity contribution is 7.92. The molecule has 0 bridgehead atoms. The van der Waals surface area contributed by atoms with E-state index in [9.17, 15) is 13.2 Å². The number of nitrogens with zero attached hydrogens (tertiary/aromatic N) is 1. The van der Waals surface area contributed by atoms with Crippen molar-refractivity contribution in [1.82, 2.24) is 4.57 Å². The summed E-state index contributed by atoms with van der Waals surface area (Å²) in [4.78, 5) is 12.1. The quantitative estimate of drug-likeness (QED) is 0.888. The molecule has 0 unspecified atom stereocenters. The predicted octanol–water partition coefficient (Wildman–Crippen LogP) is 0.829. The zero-order valence-corrected chi connectivity index (χ0v) is 12.8. The van der Waals surface area contributed by atoms with Gasteiger partial charge in [-0.1, -0.05) is 6.07 Å². The van der Waals surface area contributed by atoms with Crippen LogP contribution in [-0.2, 0) is 22.9 Å². The van der Waals surface area contributed by atoms with Crippen molar-refractivity contribution in [2.45, 2.75) is 45.5 Å². The van der Waals surface area contributed by atoms with Crippen molar-refractivity contribution in [3.05, 3.63) is 33.7 Å². The predicted molar refractivity (Wildman–Crippen MR) is 76.9 cm³/mol. The molecule has 108 valence electrons. The van der Waals surface area contributed by atoms with Gasteiger partial charge in [-0.25, -0.2) is 8.42 Å². The van der Waals surface area contributed by atoms with E-state index in [1.807, 2.05) is 0 Å². The van der Waals surface area contributed by atoms with Crippen LogP contribution in [0, 0.1) is 6.92 Å². The van der Waals surface area contributed by atoms with E-state index < -0.39 is 14.6 Å². The molecule has 0 aliphatic rings. The molecule has 0 saturated carbocycles. The van der Waals surface area contributed by atoms with Crippen molar-refractivity contribution in [3.63, 3.8) is 0 Å². The highest BCUT2D eigenvalue weighted by atomic mass is 32.2. The SMILES string of the molecule is Cc1ccc(CN)c(=O)n1CCS(=O)(=O)C(C)(C)C. The van der Waals surface area contributed by atoms with E-state index in [-0.39, 0.29) is 24.4 Å². The Kier molecular flexibility index (Phi) is 4.58. The molecule has 1 aromatic rings. The van der Waals surface area contributed by atoms with Crippen LogP contribution >= 0.6 is 0 Å².